The minimum absolute atomic E-state index is 0.194. The monoisotopic (exact) mass is 152 g/mol. The van der Waals surface area contributed by atoms with Crippen molar-refractivity contribution in [1.29, 1.82) is 0 Å². The van der Waals surface area contributed by atoms with Gasteiger partial charge in [-0.2, -0.15) is 0 Å². The van der Waals surface area contributed by atoms with Gasteiger partial charge in [0.15, 0.2) is 0 Å². The van der Waals surface area contributed by atoms with Crippen molar-refractivity contribution < 1.29 is 13.7 Å². The van der Waals surface area contributed by atoms with Crippen LogP contribution in [0, 0.1) is 0 Å². The lowest BCUT2D eigenvalue weighted by molar-refractivity contribution is 0.165. The molecular weight excluding hydrogens is 143 g/mol. The standard InChI is InChI=1S/C3H9N2O3P/c1-2-3-7-9(6)8-5-4/h2,5,9H,1,3-4H2. The lowest BCUT2D eigenvalue weighted by atomic mass is 10.7. The zero-order chi connectivity index (χ0) is 7.11. The number of rotatable bonds is 5. The van der Waals surface area contributed by atoms with Crippen molar-refractivity contribution in [1.82, 2.24) is 5.59 Å². The Kier molecular flexibility index (Phi) is 5.81. The molecule has 0 rings (SSSR count). The van der Waals surface area contributed by atoms with E-state index in [0.717, 1.165) is 0 Å². The van der Waals surface area contributed by atoms with Crippen LogP contribution in [0.2, 0.25) is 0 Å². The highest BCUT2D eigenvalue weighted by Crippen LogP contribution is 2.20. The van der Waals surface area contributed by atoms with E-state index in [1.165, 1.54) is 6.08 Å². The van der Waals surface area contributed by atoms with E-state index < -0.39 is 8.25 Å². The van der Waals surface area contributed by atoms with Gasteiger partial charge in [-0.15, -0.1) is 12.2 Å². The van der Waals surface area contributed by atoms with E-state index in [-0.39, 0.29) is 6.61 Å². The molecule has 0 saturated carbocycles. The minimum Gasteiger partial charge on any atom is -0.305 e. The van der Waals surface area contributed by atoms with Crippen molar-refractivity contribution in [2.45, 2.75) is 0 Å². The predicted octanol–water partition coefficient (Wildman–Crippen LogP) is -0.0264. The number of nitrogens with two attached hydrogens (primary N) is 1. The Balaban J connectivity index is 3.16. The van der Waals surface area contributed by atoms with E-state index in [4.69, 9.17) is 0 Å². The summed E-state index contributed by atoms with van der Waals surface area (Å²) in [5, 5.41) is 0. The van der Waals surface area contributed by atoms with Gasteiger partial charge in [0.1, 0.15) is 0 Å². The third-order valence-corrected chi connectivity index (χ3v) is 1.15. The Morgan fingerprint density at radius 2 is 2.56 bits per heavy atom. The fourth-order valence-corrected chi connectivity index (χ4v) is 0.614. The molecule has 0 aliphatic carbocycles. The summed E-state index contributed by atoms with van der Waals surface area (Å²) in [5.74, 6) is 4.65. The predicted molar refractivity (Wildman–Crippen MR) is 33.6 cm³/mol. The Labute approximate surface area is 53.7 Å². The van der Waals surface area contributed by atoms with Crippen molar-refractivity contribution in [3.8, 4) is 0 Å². The Morgan fingerprint density at radius 3 is 3.00 bits per heavy atom. The van der Waals surface area contributed by atoms with Gasteiger partial charge in [0.2, 0.25) is 0 Å². The Hall–Kier alpha value is -0.190. The second kappa shape index (κ2) is 5.94. The SMILES string of the molecule is C=CCO[PH](=O)ONN. The largest absolute Gasteiger partial charge is 0.336 e. The third kappa shape index (κ3) is 5.68. The molecule has 5 nitrogen and oxygen atoms in total. The lowest BCUT2D eigenvalue weighted by Crippen LogP contribution is -2.18. The third-order valence-electron chi connectivity index (χ3n) is 0.461. The molecule has 3 N–H and O–H groups in total. The van der Waals surface area contributed by atoms with Crippen LogP contribution < -0.4 is 11.4 Å². The molecular formula is C3H9N2O3P. The normalized spacial score (nSPS) is 13.0. The van der Waals surface area contributed by atoms with Crippen LogP contribution in [0.3, 0.4) is 0 Å². The van der Waals surface area contributed by atoms with Crippen LogP contribution in [0.25, 0.3) is 0 Å². The first-order chi connectivity index (χ1) is 4.31. The van der Waals surface area contributed by atoms with Crippen LogP contribution >= 0.6 is 8.25 Å². The maximum atomic E-state index is 10.4. The Bertz CT molecular complexity index is 107. The first-order valence-corrected chi connectivity index (χ1v) is 3.44. The second-order valence-electron chi connectivity index (χ2n) is 1.07. The van der Waals surface area contributed by atoms with Crippen LogP contribution in [0.1, 0.15) is 0 Å². The summed E-state index contributed by atoms with van der Waals surface area (Å²) in [5.41, 5.74) is 1.75. The summed E-state index contributed by atoms with van der Waals surface area (Å²) < 4.78 is 19.0. The summed E-state index contributed by atoms with van der Waals surface area (Å²) >= 11 is 0. The maximum Gasteiger partial charge on any atom is 0.336 e. The fraction of sp³-hybridized carbons (Fsp3) is 0.333. The molecule has 0 aromatic carbocycles. The second-order valence-corrected chi connectivity index (χ2v) is 2.06. The molecule has 0 heterocycles. The van der Waals surface area contributed by atoms with E-state index in [0.29, 0.717) is 0 Å². The highest BCUT2D eigenvalue weighted by atomic mass is 31.1. The van der Waals surface area contributed by atoms with Crippen molar-refractivity contribution in [3.05, 3.63) is 12.7 Å². The van der Waals surface area contributed by atoms with Crippen LogP contribution in [0.5, 0.6) is 0 Å². The summed E-state index contributed by atoms with van der Waals surface area (Å²) in [7, 11) is -2.46. The van der Waals surface area contributed by atoms with E-state index in [2.05, 4.69) is 21.6 Å². The molecule has 0 aliphatic heterocycles. The molecule has 0 radical (unpaired) electrons. The molecule has 0 spiro atoms. The van der Waals surface area contributed by atoms with Crippen molar-refractivity contribution in [2.24, 2.45) is 5.84 Å². The lowest BCUT2D eigenvalue weighted by Gasteiger charge is -1.98. The highest BCUT2D eigenvalue weighted by molar-refractivity contribution is 7.33. The molecule has 9 heavy (non-hydrogen) atoms. The Morgan fingerprint density at radius 1 is 1.89 bits per heavy atom. The van der Waals surface area contributed by atoms with Gasteiger partial charge in [0.25, 0.3) is 0 Å². The van der Waals surface area contributed by atoms with Crippen molar-refractivity contribution >= 4 is 8.25 Å². The van der Waals surface area contributed by atoms with Gasteiger partial charge >= 0.3 is 8.25 Å². The molecule has 0 aliphatic rings. The molecule has 0 aromatic heterocycles. The molecule has 6 heteroatoms. The van der Waals surface area contributed by atoms with Gasteiger partial charge in [-0.05, 0) is 0 Å². The topological polar surface area (TPSA) is 73.6 Å². The van der Waals surface area contributed by atoms with Crippen LogP contribution in [0.15, 0.2) is 12.7 Å². The smallest absolute Gasteiger partial charge is 0.305 e. The van der Waals surface area contributed by atoms with Crippen LogP contribution in [0.4, 0.5) is 0 Å². The van der Waals surface area contributed by atoms with E-state index in [1.807, 2.05) is 0 Å². The average molecular weight is 152 g/mol. The van der Waals surface area contributed by atoms with Crippen LogP contribution in [-0.2, 0) is 13.7 Å². The first-order valence-electron chi connectivity index (χ1n) is 2.21. The summed E-state index contributed by atoms with van der Waals surface area (Å²) in [6, 6.07) is 0. The number of hydrogen-bond acceptors (Lipinski definition) is 5. The molecule has 1 atom stereocenters. The van der Waals surface area contributed by atoms with Gasteiger partial charge in [-0.1, -0.05) is 6.08 Å². The summed E-state index contributed by atoms with van der Waals surface area (Å²) in [4.78, 5) is 0. The zero-order valence-corrected chi connectivity index (χ0v) is 5.79. The molecule has 0 amide bonds. The molecule has 0 aromatic rings. The first kappa shape index (κ1) is 8.81. The quantitative estimate of drug-likeness (QED) is 0.250. The van der Waals surface area contributed by atoms with E-state index in [9.17, 15) is 4.57 Å². The minimum atomic E-state index is -2.46. The van der Waals surface area contributed by atoms with Gasteiger partial charge in [-0.3, -0.25) is 4.57 Å². The van der Waals surface area contributed by atoms with Crippen molar-refractivity contribution in [2.75, 3.05) is 6.61 Å². The van der Waals surface area contributed by atoms with E-state index in [1.54, 1.807) is 5.59 Å². The number of nitrogens with one attached hydrogen (secondary N) is 1. The van der Waals surface area contributed by atoms with Gasteiger partial charge in [0.05, 0.1) is 6.61 Å². The van der Waals surface area contributed by atoms with Crippen molar-refractivity contribution in [3.63, 3.8) is 0 Å². The van der Waals surface area contributed by atoms with Crippen LogP contribution in [-0.4, -0.2) is 6.61 Å². The number of hydrazine groups is 1. The number of hydrogen-bond donors (Lipinski definition) is 2. The fourth-order valence-electron chi connectivity index (χ4n) is 0.205. The average Bonchev–Trinajstić information content (AvgIpc) is 1.85. The molecule has 0 saturated heterocycles. The summed E-state index contributed by atoms with van der Waals surface area (Å²) in [6.45, 7) is 3.53. The van der Waals surface area contributed by atoms with Gasteiger partial charge < -0.3 is 4.52 Å². The van der Waals surface area contributed by atoms with Gasteiger partial charge in [-0.25, -0.2) is 10.5 Å². The molecule has 1 unspecified atom stereocenters. The molecule has 0 fully saturated rings. The molecule has 0 bridgehead atoms. The zero-order valence-electron chi connectivity index (χ0n) is 4.79. The maximum absolute atomic E-state index is 10.4. The summed E-state index contributed by atoms with van der Waals surface area (Å²) in [6.07, 6.45) is 1.46. The van der Waals surface area contributed by atoms with Gasteiger partial charge in [0, 0.05) is 0 Å². The molecule has 54 valence electrons. The highest BCUT2D eigenvalue weighted by Gasteiger charge is 1.93. The van der Waals surface area contributed by atoms with E-state index >= 15 is 0 Å².